The fraction of sp³-hybridized carbons (Fsp3) is 0.824. The zero-order valence-electron chi connectivity index (χ0n) is 16.6. The van der Waals surface area contributed by atoms with E-state index in [-0.39, 0.29) is 17.7 Å². The molecule has 0 aliphatic carbocycles. The Morgan fingerprint density at radius 2 is 2.00 bits per heavy atom. The van der Waals surface area contributed by atoms with Crippen LogP contribution in [0.2, 0.25) is 18.1 Å². The zero-order valence-corrected chi connectivity index (χ0v) is 19.8. The van der Waals surface area contributed by atoms with E-state index in [1.807, 2.05) is 18.5 Å². The molecular weight excluding hydrogens is 449 g/mol. The van der Waals surface area contributed by atoms with E-state index in [4.69, 9.17) is 9.16 Å². The van der Waals surface area contributed by atoms with Gasteiger partial charge in [0.2, 0.25) is 5.88 Å². The van der Waals surface area contributed by atoms with Gasteiger partial charge in [0.15, 0.2) is 8.32 Å². The van der Waals surface area contributed by atoms with Crippen molar-refractivity contribution >= 4 is 30.9 Å². The third-order valence-electron chi connectivity index (χ3n) is 4.71. The molecule has 1 rings (SSSR count). The number of halogens is 1. The molecule has 25 heavy (non-hydrogen) atoms. The fourth-order valence-corrected chi connectivity index (χ4v) is 3.74. The first-order valence-corrected chi connectivity index (χ1v) is 12.9. The summed E-state index contributed by atoms with van der Waals surface area (Å²) >= 11 is 2.28. The van der Waals surface area contributed by atoms with Gasteiger partial charge in [-0.15, -0.1) is 5.10 Å². The molecule has 8 heteroatoms. The molecule has 0 aliphatic heterocycles. The van der Waals surface area contributed by atoms with Crippen LogP contribution in [-0.4, -0.2) is 49.1 Å². The fourth-order valence-electron chi connectivity index (χ4n) is 1.97. The summed E-state index contributed by atoms with van der Waals surface area (Å²) in [5, 5.41) is 17.3. The van der Waals surface area contributed by atoms with Crippen LogP contribution in [0.25, 0.3) is 0 Å². The van der Waals surface area contributed by atoms with E-state index in [1.165, 1.54) is 0 Å². The highest BCUT2D eigenvalue weighted by molar-refractivity contribution is 14.1. The molecule has 0 saturated carbocycles. The van der Waals surface area contributed by atoms with Gasteiger partial charge in [-0.1, -0.05) is 20.8 Å². The molecule has 0 bridgehead atoms. The zero-order chi connectivity index (χ0) is 19.3. The second kappa shape index (κ2) is 9.68. The second-order valence-electron chi connectivity index (χ2n) is 7.80. The predicted octanol–water partition coefficient (Wildman–Crippen LogP) is 3.38. The van der Waals surface area contributed by atoms with Crippen molar-refractivity contribution in [2.24, 2.45) is 0 Å². The van der Waals surface area contributed by atoms with Crippen LogP contribution in [0.4, 0.5) is 0 Å². The predicted molar refractivity (Wildman–Crippen MR) is 113 cm³/mol. The van der Waals surface area contributed by atoms with E-state index in [2.05, 4.69) is 66.9 Å². The molecule has 0 amide bonds. The lowest BCUT2D eigenvalue weighted by Crippen LogP contribution is -2.41. The van der Waals surface area contributed by atoms with Gasteiger partial charge in [0, 0.05) is 12.6 Å². The normalized spacial score (nSPS) is 14.0. The molecule has 0 aromatic carbocycles. The van der Waals surface area contributed by atoms with Crippen molar-refractivity contribution < 1.29 is 14.3 Å². The van der Waals surface area contributed by atoms with Crippen LogP contribution >= 0.6 is 22.6 Å². The summed E-state index contributed by atoms with van der Waals surface area (Å²) < 4.78 is 14.9. The topological polar surface area (TPSA) is 68.5 Å². The molecule has 0 unspecified atom stereocenters. The summed E-state index contributed by atoms with van der Waals surface area (Å²) in [7, 11) is -1.76. The number of ether oxygens (including phenoxy) is 1. The Labute approximate surface area is 166 Å². The molecule has 1 atom stereocenters. The molecule has 0 radical (unpaired) electrons. The Hall–Kier alpha value is -0.163. The highest BCUT2D eigenvalue weighted by atomic mass is 127. The molecule has 2 N–H and O–H groups in total. The first kappa shape index (κ1) is 22.9. The van der Waals surface area contributed by atoms with Crippen LogP contribution in [0.3, 0.4) is 0 Å². The molecule has 1 aromatic rings. The largest absolute Gasteiger partial charge is 0.476 e. The third-order valence-corrected chi connectivity index (χ3v) is 10.3. The highest BCUT2D eigenvalue weighted by Crippen LogP contribution is 2.36. The number of nitrogens with one attached hydrogen (secondary N) is 1. The summed E-state index contributed by atoms with van der Waals surface area (Å²) in [6.45, 7) is 17.8. The summed E-state index contributed by atoms with van der Waals surface area (Å²) in [5.74, 6) is 0.670. The van der Waals surface area contributed by atoms with Gasteiger partial charge < -0.3 is 19.6 Å². The lowest BCUT2D eigenvalue weighted by atomic mass is 10.2. The number of nitrogens with zero attached hydrogens (tertiary/aromatic N) is 2. The van der Waals surface area contributed by atoms with Crippen molar-refractivity contribution in [3.05, 3.63) is 9.26 Å². The van der Waals surface area contributed by atoms with Gasteiger partial charge in [-0.05, 0) is 54.6 Å². The van der Waals surface area contributed by atoms with Crippen LogP contribution in [0.15, 0.2) is 0 Å². The van der Waals surface area contributed by atoms with Crippen molar-refractivity contribution in [3.63, 3.8) is 0 Å². The molecule has 1 aromatic heterocycles. The van der Waals surface area contributed by atoms with Gasteiger partial charge in [0.1, 0.15) is 0 Å². The van der Waals surface area contributed by atoms with Gasteiger partial charge in [-0.3, -0.25) is 4.68 Å². The molecule has 6 nitrogen and oxygen atoms in total. The van der Waals surface area contributed by atoms with Crippen LogP contribution in [0, 0.1) is 3.57 Å². The van der Waals surface area contributed by atoms with E-state index in [9.17, 15) is 5.11 Å². The van der Waals surface area contributed by atoms with E-state index >= 15 is 0 Å². The van der Waals surface area contributed by atoms with E-state index in [0.717, 1.165) is 9.26 Å². The van der Waals surface area contributed by atoms with Crippen molar-refractivity contribution in [2.75, 3.05) is 19.8 Å². The first-order chi connectivity index (χ1) is 11.5. The van der Waals surface area contributed by atoms with Crippen molar-refractivity contribution in [1.82, 2.24) is 15.1 Å². The van der Waals surface area contributed by atoms with Crippen LogP contribution in [0.5, 0.6) is 5.88 Å². The Balaban J connectivity index is 2.84. The lowest BCUT2D eigenvalue weighted by Gasteiger charge is -2.36. The summed E-state index contributed by atoms with van der Waals surface area (Å²) in [5.41, 5.74) is 1.07. The van der Waals surface area contributed by atoms with E-state index < -0.39 is 8.32 Å². The molecule has 0 spiro atoms. The molecule has 0 saturated heterocycles. The number of aromatic nitrogens is 2. The maximum Gasteiger partial charge on any atom is 0.246 e. The minimum atomic E-state index is -1.76. The number of aliphatic hydroxyl groups is 1. The quantitative estimate of drug-likeness (QED) is 0.395. The molecular formula is C17H34IN3O3Si. The summed E-state index contributed by atoms with van der Waals surface area (Å²) in [6.07, 6.45) is 0. The van der Waals surface area contributed by atoms with Gasteiger partial charge in [-0.25, -0.2) is 0 Å². The smallest absolute Gasteiger partial charge is 0.246 e. The van der Waals surface area contributed by atoms with Crippen LogP contribution < -0.4 is 10.1 Å². The molecule has 0 aliphatic rings. The number of rotatable bonds is 10. The maximum atomic E-state index is 9.22. The minimum absolute atomic E-state index is 0.0400. The van der Waals surface area contributed by atoms with Crippen molar-refractivity contribution in [2.45, 2.75) is 71.9 Å². The Kier molecular flexibility index (Phi) is 8.86. The summed E-state index contributed by atoms with van der Waals surface area (Å²) in [6, 6.07) is 0.0400. The van der Waals surface area contributed by atoms with Crippen molar-refractivity contribution in [3.8, 4) is 5.88 Å². The average Bonchev–Trinajstić information content (AvgIpc) is 2.80. The highest BCUT2D eigenvalue weighted by Gasteiger charge is 2.37. The monoisotopic (exact) mass is 483 g/mol. The number of aliphatic hydroxyl groups excluding tert-OH is 1. The Morgan fingerprint density at radius 3 is 2.52 bits per heavy atom. The molecule has 146 valence electrons. The Morgan fingerprint density at radius 1 is 1.36 bits per heavy atom. The lowest BCUT2D eigenvalue weighted by molar-refractivity contribution is 0.246. The average molecular weight is 483 g/mol. The molecule has 0 fully saturated rings. The van der Waals surface area contributed by atoms with Crippen molar-refractivity contribution in [1.29, 1.82) is 0 Å². The third kappa shape index (κ3) is 6.49. The van der Waals surface area contributed by atoms with Gasteiger partial charge in [0.25, 0.3) is 0 Å². The molecule has 1 heterocycles. The standard InChI is InChI=1S/C17H34IN3O3Si/c1-8-23-16-15(18)14(11-19-13(2)12-22)21(20-16)9-10-24-25(6,7)17(3,4)5/h13,19,22H,8-12H2,1-7H3/t13-/m1/s1. The van der Waals surface area contributed by atoms with Crippen LogP contribution in [0.1, 0.15) is 40.3 Å². The van der Waals surface area contributed by atoms with Gasteiger partial charge in [0.05, 0.1) is 35.6 Å². The summed E-state index contributed by atoms with van der Waals surface area (Å²) in [4.78, 5) is 0. The Bertz CT molecular complexity index is 544. The minimum Gasteiger partial charge on any atom is -0.476 e. The van der Waals surface area contributed by atoms with Gasteiger partial charge >= 0.3 is 0 Å². The second-order valence-corrected chi connectivity index (χ2v) is 13.7. The maximum absolute atomic E-state index is 9.22. The number of hydrogen-bond acceptors (Lipinski definition) is 5. The van der Waals surface area contributed by atoms with E-state index in [1.54, 1.807) is 0 Å². The SMILES string of the molecule is CCOc1nn(CCO[Si](C)(C)C(C)(C)C)c(CN[C@H](C)CO)c1I. The number of hydrogen-bond donors (Lipinski definition) is 2. The van der Waals surface area contributed by atoms with Crippen LogP contribution in [-0.2, 0) is 17.5 Å². The van der Waals surface area contributed by atoms with Gasteiger partial charge in [-0.2, -0.15) is 0 Å². The first-order valence-electron chi connectivity index (χ1n) is 8.89. The van der Waals surface area contributed by atoms with E-state index in [0.29, 0.717) is 32.2 Å².